The molecule has 1 aliphatic rings. The van der Waals surface area contributed by atoms with Gasteiger partial charge in [-0.3, -0.25) is 4.68 Å². The molecular weight excluding hydrogens is 254 g/mol. The van der Waals surface area contributed by atoms with Crippen molar-refractivity contribution >= 4 is 11.8 Å². The minimum atomic E-state index is 0.507. The van der Waals surface area contributed by atoms with Gasteiger partial charge in [0.2, 0.25) is 0 Å². The van der Waals surface area contributed by atoms with Crippen molar-refractivity contribution in [3.05, 3.63) is 53.9 Å². The summed E-state index contributed by atoms with van der Waals surface area (Å²) in [7, 11) is 0. The third kappa shape index (κ3) is 3.19. The third-order valence-electron chi connectivity index (χ3n) is 3.49. The van der Waals surface area contributed by atoms with E-state index in [9.17, 15) is 0 Å². The van der Waals surface area contributed by atoms with Crippen LogP contribution in [0.1, 0.15) is 23.6 Å². The summed E-state index contributed by atoms with van der Waals surface area (Å²) in [6.45, 7) is 2.03. The lowest BCUT2D eigenvalue weighted by Crippen LogP contribution is -2.28. The predicted octanol–water partition coefficient (Wildman–Crippen LogP) is 2.85. The molecule has 2 aromatic rings. The van der Waals surface area contributed by atoms with Crippen LogP contribution in [0.4, 0.5) is 0 Å². The number of hydrogen-bond acceptors (Lipinski definition) is 3. The number of hydrogen-bond donors (Lipinski definition) is 1. The zero-order chi connectivity index (χ0) is 12.9. The van der Waals surface area contributed by atoms with Gasteiger partial charge in [0.15, 0.2) is 0 Å². The van der Waals surface area contributed by atoms with Gasteiger partial charge < -0.3 is 5.32 Å². The summed E-state index contributed by atoms with van der Waals surface area (Å²) in [6, 6.07) is 11.3. The van der Waals surface area contributed by atoms with Crippen molar-refractivity contribution in [2.45, 2.75) is 24.8 Å². The minimum absolute atomic E-state index is 0.507. The quantitative estimate of drug-likeness (QED) is 0.850. The fourth-order valence-electron chi connectivity index (χ4n) is 2.50. The van der Waals surface area contributed by atoms with Gasteiger partial charge in [-0.1, -0.05) is 24.3 Å². The summed E-state index contributed by atoms with van der Waals surface area (Å²) < 4.78 is 1.99. The molecule has 1 aromatic carbocycles. The number of aromatic nitrogens is 2. The third-order valence-corrected chi connectivity index (χ3v) is 4.57. The Kier molecular flexibility index (Phi) is 4.20. The molecule has 0 saturated heterocycles. The maximum Gasteiger partial charge on any atom is 0.0489 e. The lowest BCUT2D eigenvalue weighted by molar-refractivity contribution is 0.507. The standard InChI is InChI=1S/C15H19N3S/c1-2-6-14-13(5-1)11-19-12-15(14)16-7-3-9-18-10-4-8-17-18/h1-2,4-6,8,10,15-16H,3,7,9,11-12H2. The number of aryl methyl sites for hydroxylation is 1. The van der Waals surface area contributed by atoms with Crippen LogP contribution in [0.25, 0.3) is 0 Å². The Balaban J connectivity index is 1.51. The topological polar surface area (TPSA) is 29.9 Å². The smallest absolute Gasteiger partial charge is 0.0489 e. The van der Waals surface area contributed by atoms with Crippen molar-refractivity contribution in [2.24, 2.45) is 0 Å². The second kappa shape index (κ2) is 6.26. The first kappa shape index (κ1) is 12.8. The number of thioether (sulfide) groups is 1. The first-order valence-electron chi connectivity index (χ1n) is 6.80. The summed E-state index contributed by atoms with van der Waals surface area (Å²) in [4.78, 5) is 0. The van der Waals surface area contributed by atoms with Crippen molar-refractivity contribution in [1.82, 2.24) is 15.1 Å². The average molecular weight is 273 g/mol. The number of rotatable bonds is 5. The highest BCUT2D eigenvalue weighted by Crippen LogP contribution is 2.31. The van der Waals surface area contributed by atoms with E-state index in [1.165, 1.54) is 16.9 Å². The normalized spacial score (nSPS) is 18.2. The average Bonchev–Trinajstić information content (AvgIpc) is 2.97. The summed E-state index contributed by atoms with van der Waals surface area (Å²) in [5.41, 5.74) is 2.98. The Morgan fingerprint density at radius 1 is 1.32 bits per heavy atom. The molecule has 4 heteroatoms. The van der Waals surface area contributed by atoms with E-state index in [0.717, 1.165) is 25.3 Å². The van der Waals surface area contributed by atoms with Crippen LogP contribution in [-0.2, 0) is 12.3 Å². The second-order valence-corrected chi connectivity index (χ2v) is 5.87. The predicted molar refractivity (Wildman–Crippen MR) is 80.2 cm³/mol. The van der Waals surface area contributed by atoms with E-state index in [0.29, 0.717) is 6.04 Å². The second-order valence-electron chi connectivity index (χ2n) is 4.84. The Labute approximate surface area is 118 Å². The lowest BCUT2D eigenvalue weighted by Gasteiger charge is -2.26. The molecule has 0 amide bonds. The van der Waals surface area contributed by atoms with Gasteiger partial charge in [-0.15, -0.1) is 0 Å². The molecule has 1 N–H and O–H groups in total. The first-order chi connectivity index (χ1) is 9.43. The summed E-state index contributed by atoms with van der Waals surface area (Å²) in [5, 5.41) is 7.90. The van der Waals surface area contributed by atoms with E-state index in [4.69, 9.17) is 0 Å². The molecule has 19 heavy (non-hydrogen) atoms. The Morgan fingerprint density at radius 2 is 2.26 bits per heavy atom. The number of nitrogens with one attached hydrogen (secondary N) is 1. The highest BCUT2D eigenvalue weighted by atomic mass is 32.2. The Bertz CT molecular complexity index is 510. The molecule has 0 aliphatic carbocycles. The first-order valence-corrected chi connectivity index (χ1v) is 7.95. The molecule has 0 saturated carbocycles. The SMILES string of the molecule is c1ccc2c(c1)CSCC2NCCCn1cccn1. The van der Waals surface area contributed by atoms with E-state index in [-0.39, 0.29) is 0 Å². The van der Waals surface area contributed by atoms with Crippen molar-refractivity contribution in [2.75, 3.05) is 12.3 Å². The fourth-order valence-corrected chi connectivity index (χ4v) is 3.63. The Morgan fingerprint density at radius 3 is 3.16 bits per heavy atom. The van der Waals surface area contributed by atoms with Crippen LogP contribution in [0.15, 0.2) is 42.7 Å². The van der Waals surface area contributed by atoms with Gasteiger partial charge in [0.1, 0.15) is 0 Å². The highest BCUT2D eigenvalue weighted by molar-refractivity contribution is 7.98. The van der Waals surface area contributed by atoms with E-state index >= 15 is 0 Å². The molecule has 1 aromatic heterocycles. The highest BCUT2D eigenvalue weighted by Gasteiger charge is 2.18. The minimum Gasteiger partial charge on any atom is -0.309 e. The van der Waals surface area contributed by atoms with Crippen molar-refractivity contribution in [3.8, 4) is 0 Å². The maximum absolute atomic E-state index is 4.22. The summed E-state index contributed by atoms with van der Waals surface area (Å²) >= 11 is 2.02. The molecule has 100 valence electrons. The van der Waals surface area contributed by atoms with Gasteiger partial charge in [0, 0.05) is 36.5 Å². The molecule has 0 bridgehead atoms. The molecule has 0 fully saturated rings. The van der Waals surface area contributed by atoms with Crippen LogP contribution >= 0.6 is 11.8 Å². The van der Waals surface area contributed by atoms with Crippen LogP contribution in [-0.4, -0.2) is 22.1 Å². The van der Waals surface area contributed by atoms with Crippen LogP contribution in [0.3, 0.4) is 0 Å². The molecule has 1 atom stereocenters. The van der Waals surface area contributed by atoms with E-state index in [1.807, 2.05) is 34.9 Å². The van der Waals surface area contributed by atoms with Crippen molar-refractivity contribution in [1.29, 1.82) is 0 Å². The van der Waals surface area contributed by atoms with Gasteiger partial charge >= 0.3 is 0 Å². The van der Waals surface area contributed by atoms with Crippen LogP contribution in [0.5, 0.6) is 0 Å². The van der Waals surface area contributed by atoms with Gasteiger partial charge in [-0.25, -0.2) is 0 Å². The van der Waals surface area contributed by atoms with Crippen molar-refractivity contribution < 1.29 is 0 Å². The Hall–Kier alpha value is -1.26. The van der Waals surface area contributed by atoms with Gasteiger partial charge in [-0.05, 0) is 30.2 Å². The van der Waals surface area contributed by atoms with E-state index in [1.54, 1.807) is 0 Å². The van der Waals surface area contributed by atoms with Gasteiger partial charge in [-0.2, -0.15) is 16.9 Å². The molecule has 3 nitrogen and oxygen atoms in total. The molecule has 1 aliphatic heterocycles. The monoisotopic (exact) mass is 273 g/mol. The lowest BCUT2D eigenvalue weighted by atomic mass is 10.0. The van der Waals surface area contributed by atoms with Crippen molar-refractivity contribution in [3.63, 3.8) is 0 Å². The fraction of sp³-hybridized carbons (Fsp3) is 0.400. The largest absolute Gasteiger partial charge is 0.309 e. The molecular formula is C15H19N3S. The molecule has 3 rings (SSSR count). The maximum atomic E-state index is 4.22. The van der Waals surface area contributed by atoms with Crippen LogP contribution in [0, 0.1) is 0 Å². The van der Waals surface area contributed by atoms with Crippen LogP contribution < -0.4 is 5.32 Å². The molecule has 0 radical (unpaired) electrons. The van der Waals surface area contributed by atoms with E-state index < -0.39 is 0 Å². The number of fused-ring (bicyclic) bond motifs is 1. The van der Waals surface area contributed by atoms with Gasteiger partial charge in [0.25, 0.3) is 0 Å². The zero-order valence-electron chi connectivity index (χ0n) is 11.0. The molecule has 1 unspecified atom stereocenters. The summed E-state index contributed by atoms with van der Waals surface area (Å²) in [5.74, 6) is 2.33. The number of benzene rings is 1. The number of nitrogens with zero attached hydrogens (tertiary/aromatic N) is 2. The summed E-state index contributed by atoms with van der Waals surface area (Å²) in [6.07, 6.45) is 4.97. The zero-order valence-corrected chi connectivity index (χ0v) is 11.8. The van der Waals surface area contributed by atoms with Gasteiger partial charge in [0.05, 0.1) is 0 Å². The molecule has 2 heterocycles. The van der Waals surface area contributed by atoms with Crippen LogP contribution in [0.2, 0.25) is 0 Å². The van der Waals surface area contributed by atoms with E-state index in [2.05, 4.69) is 34.7 Å². The molecule has 0 spiro atoms.